The molecule has 4 rings (SSSR count). The average molecular weight is 471 g/mol. The number of halogens is 1. The highest BCUT2D eigenvalue weighted by Gasteiger charge is 2.43. The Morgan fingerprint density at radius 3 is 2.59 bits per heavy atom. The van der Waals surface area contributed by atoms with E-state index in [2.05, 4.69) is 5.32 Å². The van der Waals surface area contributed by atoms with Crippen LogP contribution in [0.15, 0.2) is 35.3 Å². The molecule has 0 spiro atoms. The first-order chi connectivity index (χ1) is 16.3. The molecule has 0 radical (unpaired) electrons. The smallest absolute Gasteiger partial charge is 0.276 e. The molecule has 9 nitrogen and oxygen atoms in total. The second kappa shape index (κ2) is 9.66. The molecule has 1 saturated heterocycles. The summed E-state index contributed by atoms with van der Waals surface area (Å²) >= 11 is 0. The lowest BCUT2D eigenvalue weighted by molar-refractivity contribution is -0.131. The van der Waals surface area contributed by atoms with Crippen molar-refractivity contribution in [3.8, 4) is 5.75 Å². The molecule has 10 heteroatoms. The zero-order chi connectivity index (χ0) is 24.4. The number of pyridine rings is 1. The van der Waals surface area contributed by atoms with Crippen molar-refractivity contribution in [3.63, 3.8) is 0 Å². The number of benzene rings is 1. The Morgan fingerprint density at radius 2 is 1.91 bits per heavy atom. The summed E-state index contributed by atoms with van der Waals surface area (Å²) in [6.45, 7) is 4.75. The minimum Gasteiger partial charge on any atom is -0.487 e. The summed E-state index contributed by atoms with van der Waals surface area (Å²) in [5.41, 5.74) is -0.0571. The number of rotatable bonds is 7. The van der Waals surface area contributed by atoms with E-state index in [1.165, 1.54) is 37.4 Å². The van der Waals surface area contributed by atoms with Crippen LogP contribution in [0.5, 0.6) is 5.75 Å². The fourth-order valence-corrected chi connectivity index (χ4v) is 4.29. The topological polar surface area (TPSA) is 101 Å². The molecule has 2 aliphatic rings. The number of ether oxygens (including phenoxy) is 1. The maximum Gasteiger partial charge on any atom is 0.276 e. The van der Waals surface area contributed by atoms with Crippen LogP contribution in [0, 0.1) is 5.82 Å². The summed E-state index contributed by atoms with van der Waals surface area (Å²) in [5.74, 6) is -1.72. The molecule has 1 aromatic heterocycles. The molecule has 1 atom stereocenters. The number of amides is 3. The van der Waals surface area contributed by atoms with Gasteiger partial charge in [-0.05, 0) is 24.1 Å². The maximum absolute atomic E-state index is 13.3. The van der Waals surface area contributed by atoms with Gasteiger partial charge < -0.3 is 24.4 Å². The van der Waals surface area contributed by atoms with E-state index in [-0.39, 0.29) is 48.4 Å². The van der Waals surface area contributed by atoms with Crippen LogP contribution in [-0.4, -0.2) is 58.0 Å². The molecule has 1 unspecified atom stereocenters. The van der Waals surface area contributed by atoms with E-state index in [0.717, 1.165) is 6.42 Å². The fourth-order valence-electron chi connectivity index (χ4n) is 4.29. The molecular weight excluding hydrogens is 443 g/mol. The van der Waals surface area contributed by atoms with Gasteiger partial charge >= 0.3 is 0 Å². The number of nitrogens with one attached hydrogen (secondary N) is 1. The standard InChI is InChI=1S/C24H27FN4O5/c1-3-4-11-34-22-20-24(33)29-10-9-28(15(2)30)19(29)14-27(20)13-18(21(22)31)23(32)26-12-16-5-7-17(25)8-6-16/h5-8,13,19H,3-4,9-12,14H2,1-2H3,(H,26,32). The highest BCUT2D eigenvalue weighted by Crippen LogP contribution is 2.29. The van der Waals surface area contributed by atoms with Crippen molar-refractivity contribution in [1.82, 2.24) is 19.7 Å². The fraction of sp³-hybridized carbons (Fsp3) is 0.417. The van der Waals surface area contributed by atoms with Gasteiger partial charge in [-0.2, -0.15) is 0 Å². The van der Waals surface area contributed by atoms with E-state index in [1.807, 2.05) is 6.92 Å². The van der Waals surface area contributed by atoms with Crippen LogP contribution in [0.25, 0.3) is 0 Å². The van der Waals surface area contributed by atoms with Gasteiger partial charge in [0.05, 0.1) is 13.2 Å². The molecule has 1 aromatic carbocycles. The molecule has 2 aliphatic heterocycles. The first-order valence-corrected chi connectivity index (χ1v) is 11.3. The number of hydrogen-bond acceptors (Lipinski definition) is 5. The number of aromatic nitrogens is 1. The van der Waals surface area contributed by atoms with E-state index in [0.29, 0.717) is 25.1 Å². The van der Waals surface area contributed by atoms with Gasteiger partial charge in [0, 0.05) is 32.8 Å². The molecule has 34 heavy (non-hydrogen) atoms. The second-order valence-electron chi connectivity index (χ2n) is 8.40. The van der Waals surface area contributed by atoms with Crippen molar-refractivity contribution in [1.29, 1.82) is 0 Å². The van der Waals surface area contributed by atoms with E-state index >= 15 is 0 Å². The molecule has 1 N–H and O–H groups in total. The van der Waals surface area contributed by atoms with Crippen molar-refractivity contribution >= 4 is 17.7 Å². The van der Waals surface area contributed by atoms with Crippen LogP contribution in [0.4, 0.5) is 4.39 Å². The Balaban J connectivity index is 1.68. The van der Waals surface area contributed by atoms with Gasteiger partial charge in [0.15, 0.2) is 11.4 Å². The van der Waals surface area contributed by atoms with Gasteiger partial charge in [-0.25, -0.2) is 4.39 Å². The Kier molecular flexibility index (Phi) is 6.67. The first kappa shape index (κ1) is 23.5. The van der Waals surface area contributed by atoms with Crippen LogP contribution < -0.4 is 15.5 Å². The second-order valence-corrected chi connectivity index (χ2v) is 8.40. The van der Waals surface area contributed by atoms with E-state index in [4.69, 9.17) is 4.74 Å². The number of fused-ring (bicyclic) bond motifs is 2. The number of carbonyl (C=O) groups is 3. The van der Waals surface area contributed by atoms with E-state index in [1.54, 1.807) is 14.4 Å². The number of carbonyl (C=O) groups excluding carboxylic acids is 3. The van der Waals surface area contributed by atoms with Crippen LogP contribution in [0.1, 0.15) is 53.1 Å². The molecule has 0 aliphatic carbocycles. The van der Waals surface area contributed by atoms with Crippen molar-refractivity contribution < 1.29 is 23.5 Å². The lowest BCUT2D eigenvalue weighted by Crippen LogP contribution is -2.51. The predicted octanol–water partition coefficient (Wildman–Crippen LogP) is 1.74. The highest BCUT2D eigenvalue weighted by atomic mass is 19.1. The molecular formula is C24H27FN4O5. The quantitative estimate of drug-likeness (QED) is 0.622. The summed E-state index contributed by atoms with van der Waals surface area (Å²) in [5, 5.41) is 2.67. The largest absolute Gasteiger partial charge is 0.487 e. The van der Waals surface area contributed by atoms with Crippen molar-refractivity contribution in [2.24, 2.45) is 0 Å². The average Bonchev–Trinajstić information content (AvgIpc) is 3.24. The van der Waals surface area contributed by atoms with Gasteiger partial charge in [0.25, 0.3) is 11.8 Å². The van der Waals surface area contributed by atoms with Gasteiger partial charge in [0.1, 0.15) is 17.5 Å². The van der Waals surface area contributed by atoms with Crippen molar-refractivity contribution in [2.75, 3.05) is 19.7 Å². The Morgan fingerprint density at radius 1 is 1.18 bits per heavy atom. The Hall–Kier alpha value is -3.69. The van der Waals surface area contributed by atoms with Gasteiger partial charge in [-0.15, -0.1) is 0 Å². The number of hydrogen-bond donors (Lipinski definition) is 1. The summed E-state index contributed by atoms with van der Waals surface area (Å²) in [6, 6.07) is 5.65. The molecule has 2 aromatic rings. The van der Waals surface area contributed by atoms with Crippen LogP contribution in [0.2, 0.25) is 0 Å². The molecule has 3 heterocycles. The Bertz CT molecular complexity index is 1180. The third-order valence-corrected chi connectivity index (χ3v) is 6.12. The molecule has 180 valence electrons. The minimum absolute atomic E-state index is 0.0952. The molecule has 3 amide bonds. The summed E-state index contributed by atoms with van der Waals surface area (Å²) < 4.78 is 20.4. The molecule has 1 fully saturated rings. The highest BCUT2D eigenvalue weighted by molar-refractivity contribution is 5.99. The third kappa shape index (κ3) is 4.40. The SMILES string of the molecule is CCCCOc1c2n(cc(C(=O)NCc3ccc(F)cc3)c1=O)CC1N(C(C)=O)CCN1C2=O. The van der Waals surface area contributed by atoms with E-state index in [9.17, 15) is 23.6 Å². The van der Waals surface area contributed by atoms with Crippen molar-refractivity contribution in [2.45, 2.75) is 45.9 Å². The summed E-state index contributed by atoms with van der Waals surface area (Å²) in [4.78, 5) is 54.7. The van der Waals surface area contributed by atoms with Crippen molar-refractivity contribution in [3.05, 3.63) is 63.3 Å². The molecule has 0 bridgehead atoms. The molecule has 0 saturated carbocycles. The van der Waals surface area contributed by atoms with Gasteiger partial charge in [-0.1, -0.05) is 25.5 Å². The maximum atomic E-state index is 13.3. The predicted molar refractivity (Wildman–Crippen MR) is 121 cm³/mol. The zero-order valence-electron chi connectivity index (χ0n) is 19.2. The van der Waals surface area contributed by atoms with Crippen LogP contribution in [0.3, 0.4) is 0 Å². The zero-order valence-corrected chi connectivity index (χ0v) is 19.2. The minimum atomic E-state index is -0.659. The van der Waals surface area contributed by atoms with E-state index < -0.39 is 23.4 Å². The Labute approximate surface area is 196 Å². The van der Waals surface area contributed by atoms with Crippen LogP contribution in [-0.2, 0) is 17.9 Å². The summed E-state index contributed by atoms with van der Waals surface area (Å²) in [7, 11) is 0. The normalized spacial score (nSPS) is 16.8. The third-order valence-electron chi connectivity index (χ3n) is 6.12. The lowest BCUT2D eigenvalue weighted by atomic mass is 10.1. The van der Waals surface area contributed by atoms with Gasteiger partial charge in [0.2, 0.25) is 11.3 Å². The number of nitrogens with zero attached hydrogens (tertiary/aromatic N) is 3. The monoisotopic (exact) mass is 470 g/mol. The number of unbranched alkanes of at least 4 members (excludes halogenated alkanes) is 1. The van der Waals surface area contributed by atoms with Crippen LogP contribution >= 0.6 is 0 Å². The lowest BCUT2D eigenvalue weighted by Gasteiger charge is -2.36. The summed E-state index contributed by atoms with van der Waals surface area (Å²) in [6.07, 6.45) is 2.38. The van der Waals surface area contributed by atoms with Gasteiger partial charge in [-0.3, -0.25) is 19.2 Å². The first-order valence-electron chi connectivity index (χ1n) is 11.3.